The first kappa shape index (κ1) is 18.5. The quantitative estimate of drug-likeness (QED) is 0.603. The fraction of sp³-hybridized carbons (Fsp3) is 0.227. The molecule has 4 heteroatoms. The Labute approximate surface area is 162 Å². The fourth-order valence-corrected chi connectivity index (χ4v) is 3.75. The third-order valence-electron chi connectivity index (χ3n) is 4.46. The van der Waals surface area contributed by atoms with Gasteiger partial charge in [0.1, 0.15) is 5.75 Å². The number of carbonyl (C=O) groups excluding carboxylic acids is 1. The first-order valence-corrected chi connectivity index (χ1v) is 9.41. The Balaban J connectivity index is 1.65. The SMILES string of the molecule is Cc1ccc([C@@H](C)NC(=O)COc2ccc3ccccc3c2Br)c(C)c1. The standard InChI is InChI=1S/C22H22BrNO2/c1-14-8-10-18(15(2)12-14)16(3)24-21(25)13-26-20-11-9-17-6-4-5-7-19(17)22(20)23/h4-12,16H,13H2,1-3H3,(H,24,25)/t16-/m1/s1. The highest BCUT2D eigenvalue weighted by Gasteiger charge is 2.13. The molecule has 0 bridgehead atoms. The van der Waals surface area contributed by atoms with E-state index >= 15 is 0 Å². The van der Waals surface area contributed by atoms with Gasteiger partial charge in [-0.3, -0.25) is 4.79 Å². The second-order valence-electron chi connectivity index (χ2n) is 6.54. The number of hydrogen-bond acceptors (Lipinski definition) is 2. The van der Waals surface area contributed by atoms with Gasteiger partial charge in [-0.25, -0.2) is 0 Å². The number of aryl methyl sites for hydroxylation is 2. The van der Waals surface area contributed by atoms with E-state index in [1.165, 1.54) is 11.1 Å². The molecule has 0 aliphatic heterocycles. The molecule has 0 unspecified atom stereocenters. The maximum Gasteiger partial charge on any atom is 0.258 e. The maximum absolute atomic E-state index is 12.3. The molecule has 0 saturated carbocycles. The van der Waals surface area contributed by atoms with Crippen LogP contribution >= 0.6 is 15.9 Å². The van der Waals surface area contributed by atoms with Gasteiger partial charge in [0, 0.05) is 0 Å². The average Bonchev–Trinajstić information content (AvgIpc) is 2.61. The van der Waals surface area contributed by atoms with Crippen molar-refractivity contribution >= 4 is 32.6 Å². The number of rotatable bonds is 5. The molecule has 1 amide bonds. The second-order valence-corrected chi connectivity index (χ2v) is 7.33. The minimum atomic E-state index is -0.141. The molecule has 0 saturated heterocycles. The molecule has 3 nitrogen and oxygen atoms in total. The zero-order valence-electron chi connectivity index (χ0n) is 15.2. The van der Waals surface area contributed by atoms with Gasteiger partial charge < -0.3 is 10.1 Å². The van der Waals surface area contributed by atoms with Crippen LogP contribution in [-0.2, 0) is 4.79 Å². The van der Waals surface area contributed by atoms with Gasteiger partial charge in [-0.1, -0.05) is 54.1 Å². The molecule has 0 aliphatic rings. The number of benzene rings is 3. The molecule has 1 N–H and O–H groups in total. The van der Waals surface area contributed by atoms with Crippen molar-refractivity contribution in [3.05, 3.63) is 75.8 Å². The lowest BCUT2D eigenvalue weighted by Crippen LogP contribution is -2.31. The molecule has 0 spiro atoms. The summed E-state index contributed by atoms with van der Waals surface area (Å²) in [5.74, 6) is 0.524. The lowest BCUT2D eigenvalue weighted by atomic mass is 10.0. The van der Waals surface area contributed by atoms with Crippen molar-refractivity contribution in [3.8, 4) is 5.75 Å². The van der Waals surface area contributed by atoms with Crippen LogP contribution in [0.3, 0.4) is 0 Å². The molecule has 0 aromatic heterocycles. The zero-order chi connectivity index (χ0) is 18.7. The Morgan fingerprint density at radius 2 is 1.88 bits per heavy atom. The number of ether oxygens (including phenoxy) is 1. The Morgan fingerprint density at radius 3 is 2.65 bits per heavy atom. The Kier molecular flexibility index (Phi) is 5.62. The third-order valence-corrected chi connectivity index (χ3v) is 5.27. The van der Waals surface area contributed by atoms with Crippen LogP contribution in [0.25, 0.3) is 10.8 Å². The maximum atomic E-state index is 12.3. The summed E-state index contributed by atoms with van der Waals surface area (Å²) in [7, 11) is 0. The smallest absolute Gasteiger partial charge is 0.258 e. The minimum absolute atomic E-state index is 0.0216. The summed E-state index contributed by atoms with van der Waals surface area (Å²) < 4.78 is 6.60. The predicted molar refractivity (Wildman–Crippen MR) is 110 cm³/mol. The van der Waals surface area contributed by atoms with Crippen molar-refractivity contribution in [1.82, 2.24) is 5.32 Å². The summed E-state index contributed by atoms with van der Waals surface area (Å²) in [4.78, 5) is 12.3. The molecular weight excluding hydrogens is 390 g/mol. The second kappa shape index (κ2) is 7.92. The van der Waals surface area contributed by atoms with Gasteiger partial charge in [-0.2, -0.15) is 0 Å². The Bertz CT molecular complexity index is 952. The van der Waals surface area contributed by atoms with Gasteiger partial charge in [0.2, 0.25) is 0 Å². The number of halogens is 1. The highest BCUT2D eigenvalue weighted by molar-refractivity contribution is 9.10. The van der Waals surface area contributed by atoms with E-state index in [-0.39, 0.29) is 18.6 Å². The summed E-state index contributed by atoms with van der Waals surface area (Å²) in [6.45, 7) is 6.09. The molecule has 1 atom stereocenters. The topological polar surface area (TPSA) is 38.3 Å². The number of nitrogens with one attached hydrogen (secondary N) is 1. The minimum Gasteiger partial charge on any atom is -0.483 e. The van der Waals surface area contributed by atoms with Gasteiger partial charge in [0.05, 0.1) is 10.5 Å². The van der Waals surface area contributed by atoms with Crippen LogP contribution in [0.4, 0.5) is 0 Å². The van der Waals surface area contributed by atoms with Crippen molar-refractivity contribution in [3.63, 3.8) is 0 Å². The zero-order valence-corrected chi connectivity index (χ0v) is 16.8. The molecule has 3 aromatic carbocycles. The van der Waals surface area contributed by atoms with E-state index in [0.717, 1.165) is 20.8 Å². The van der Waals surface area contributed by atoms with E-state index in [2.05, 4.69) is 53.3 Å². The van der Waals surface area contributed by atoms with Gasteiger partial charge in [0.25, 0.3) is 5.91 Å². The van der Waals surface area contributed by atoms with Crippen molar-refractivity contribution < 1.29 is 9.53 Å². The van der Waals surface area contributed by atoms with E-state index in [1.807, 2.05) is 43.3 Å². The largest absolute Gasteiger partial charge is 0.483 e. The first-order valence-electron chi connectivity index (χ1n) is 8.62. The van der Waals surface area contributed by atoms with E-state index in [1.54, 1.807) is 0 Å². The lowest BCUT2D eigenvalue weighted by Gasteiger charge is -2.17. The summed E-state index contributed by atoms with van der Waals surface area (Å²) in [5, 5.41) is 5.19. The van der Waals surface area contributed by atoms with E-state index in [0.29, 0.717) is 5.75 Å². The van der Waals surface area contributed by atoms with Crippen LogP contribution in [0.15, 0.2) is 59.1 Å². The first-order chi connectivity index (χ1) is 12.5. The highest BCUT2D eigenvalue weighted by Crippen LogP contribution is 2.33. The number of hydrogen-bond donors (Lipinski definition) is 1. The van der Waals surface area contributed by atoms with Crippen molar-refractivity contribution in [2.24, 2.45) is 0 Å². The number of carbonyl (C=O) groups is 1. The van der Waals surface area contributed by atoms with E-state index in [4.69, 9.17) is 4.74 Å². The summed E-state index contributed by atoms with van der Waals surface area (Å²) in [6, 6.07) is 18.1. The molecule has 3 aromatic rings. The average molecular weight is 412 g/mol. The van der Waals surface area contributed by atoms with Gasteiger partial charge in [0.15, 0.2) is 6.61 Å². The summed E-state index contributed by atoms with van der Waals surface area (Å²) in [6.07, 6.45) is 0. The molecule has 0 fully saturated rings. The molecule has 26 heavy (non-hydrogen) atoms. The van der Waals surface area contributed by atoms with E-state index in [9.17, 15) is 4.79 Å². The van der Waals surface area contributed by atoms with Gasteiger partial charge in [-0.15, -0.1) is 0 Å². The third kappa shape index (κ3) is 4.07. The van der Waals surface area contributed by atoms with Gasteiger partial charge in [-0.05, 0) is 64.7 Å². The predicted octanol–water partition coefficient (Wildman–Crippen LogP) is 5.48. The number of fused-ring (bicyclic) bond motifs is 1. The van der Waals surface area contributed by atoms with Crippen LogP contribution in [0.5, 0.6) is 5.75 Å². The van der Waals surface area contributed by atoms with Crippen LogP contribution in [0.1, 0.15) is 29.7 Å². The van der Waals surface area contributed by atoms with Crippen molar-refractivity contribution in [1.29, 1.82) is 0 Å². The van der Waals surface area contributed by atoms with Gasteiger partial charge >= 0.3 is 0 Å². The van der Waals surface area contributed by atoms with Crippen LogP contribution < -0.4 is 10.1 Å². The molecule has 134 valence electrons. The molecule has 0 aliphatic carbocycles. The molecule has 3 rings (SSSR count). The summed E-state index contributed by atoms with van der Waals surface area (Å²) >= 11 is 3.58. The van der Waals surface area contributed by atoms with Crippen molar-refractivity contribution in [2.75, 3.05) is 6.61 Å². The molecule has 0 radical (unpaired) electrons. The number of amides is 1. The van der Waals surface area contributed by atoms with Crippen LogP contribution in [-0.4, -0.2) is 12.5 Å². The Morgan fingerprint density at radius 1 is 1.12 bits per heavy atom. The summed E-state index contributed by atoms with van der Waals surface area (Å²) in [5.41, 5.74) is 3.51. The van der Waals surface area contributed by atoms with Crippen LogP contribution in [0.2, 0.25) is 0 Å². The van der Waals surface area contributed by atoms with Crippen LogP contribution in [0, 0.1) is 13.8 Å². The lowest BCUT2D eigenvalue weighted by molar-refractivity contribution is -0.123. The highest BCUT2D eigenvalue weighted by atomic mass is 79.9. The monoisotopic (exact) mass is 411 g/mol. The fourth-order valence-electron chi connectivity index (χ4n) is 3.14. The van der Waals surface area contributed by atoms with Crippen molar-refractivity contribution in [2.45, 2.75) is 26.8 Å². The Hall–Kier alpha value is -2.33. The normalized spacial score (nSPS) is 12.0. The molecule has 0 heterocycles. The van der Waals surface area contributed by atoms with E-state index < -0.39 is 0 Å². The molecular formula is C22H22BrNO2.